The summed E-state index contributed by atoms with van der Waals surface area (Å²) in [7, 11) is 3.54. The SMILES string of the molecule is CN(C)C(=O)N1C[C@H]2Cc3nnc(C(=O)Nc4ccccc4)n3C[C@@H]2C1. The molecule has 26 heavy (non-hydrogen) atoms. The van der Waals surface area contributed by atoms with E-state index < -0.39 is 0 Å². The van der Waals surface area contributed by atoms with Gasteiger partial charge < -0.3 is 19.7 Å². The molecule has 0 spiro atoms. The Bertz CT molecular complexity index is 831. The fraction of sp³-hybridized carbons (Fsp3) is 0.444. The largest absolute Gasteiger partial charge is 0.331 e. The van der Waals surface area contributed by atoms with Gasteiger partial charge in [-0.05, 0) is 24.0 Å². The van der Waals surface area contributed by atoms with Crippen LogP contribution in [-0.2, 0) is 13.0 Å². The van der Waals surface area contributed by atoms with Gasteiger partial charge in [0, 0.05) is 45.8 Å². The highest BCUT2D eigenvalue weighted by Crippen LogP contribution is 2.33. The van der Waals surface area contributed by atoms with E-state index in [1.165, 1.54) is 0 Å². The molecule has 0 saturated carbocycles. The summed E-state index contributed by atoms with van der Waals surface area (Å²) in [5.74, 6) is 1.60. The van der Waals surface area contributed by atoms with Crippen molar-refractivity contribution in [2.45, 2.75) is 13.0 Å². The van der Waals surface area contributed by atoms with Crippen molar-refractivity contribution in [2.75, 3.05) is 32.5 Å². The van der Waals surface area contributed by atoms with Crippen molar-refractivity contribution < 1.29 is 9.59 Å². The smallest absolute Gasteiger partial charge is 0.319 e. The molecule has 3 heterocycles. The normalized spacial score (nSPS) is 21.1. The van der Waals surface area contributed by atoms with Crippen LogP contribution in [0.4, 0.5) is 10.5 Å². The number of nitrogens with zero attached hydrogens (tertiary/aromatic N) is 5. The second-order valence-electron chi connectivity index (χ2n) is 7.18. The highest BCUT2D eigenvalue weighted by Gasteiger charge is 2.41. The third-order valence-electron chi connectivity index (χ3n) is 5.15. The number of aromatic nitrogens is 3. The summed E-state index contributed by atoms with van der Waals surface area (Å²) in [4.78, 5) is 28.3. The van der Waals surface area contributed by atoms with Gasteiger partial charge in [-0.3, -0.25) is 4.79 Å². The molecule has 0 radical (unpaired) electrons. The van der Waals surface area contributed by atoms with Crippen LogP contribution in [0.15, 0.2) is 30.3 Å². The third kappa shape index (κ3) is 2.91. The first-order chi connectivity index (χ1) is 12.5. The second kappa shape index (κ2) is 6.44. The van der Waals surface area contributed by atoms with Crippen LogP contribution in [-0.4, -0.2) is 63.7 Å². The van der Waals surface area contributed by atoms with Gasteiger partial charge in [-0.25, -0.2) is 4.79 Å². The van der Waals surface area contributed by atoms with E-state index >= 15 is 0 Å². The second-order valence-corrected chi connectivity index (χ2v) is 7.18. The zero-order chi connectivity index (χ0) is 18.3. The van der Waals surface area contributed by atoms with E-state index in [1.807, 2.05) is 39.8 Å². The predicted molar refractivity (Wildman–Crippen MR) is 95.8 cm³/mol. The van der Waals surface area contributed by atoms with E-state index in [1.54, 1.807) is 19.0 Å². The Balaban J connectivity index is 1.50. The van der Waals surface area contributed by atoms with Crippen molar-refractivity contribution in [3.8, 4) is 0 Å². The molecule has 4 rings (SSSR count). The Morgan fingerprint density at radius 1 is 1.08 bits per heavy atom. The van der Waals surface area contributed by atoms with E-state index in [0.717, 1.165) is 24.5 Å². The van der Waals surface area contributed by atoms with Crippen molar-refractivity contribution >= 4 is 17.6 Å². The van der Waals surface area contributed by atoms with Crippen LogP contribution in [0, 0.1) is 11.8 Å². The average molecular weight is 354 g/mol. The number of carbonyl (C=O) groups excluding carboxylic acids is 2. The molecule has 1 saturated heterocycles. The first-order valence-electron chi connectivity index (χ1n) is 8.77. The molecule has 2 aliphatic rings. The number of para-hydroxylation sites is 1. The molecule has 8 nitrogen and oxygen atoms in total. The zero-order valence-corrected chi connectivity index (χ0v) is 14.9. The van der Waals surface area contributed by atoms with Crippen LogP contribution in [0.2, 0.25) is 0 Å². The van der Waals surface area contributed by atoms with E-state index in [9.17, 15) is 9.59 Å². The highest BCUT2D eigenvalue weighted by molar-refractivity contribution is 6.01. The van der Waals surface area contributed by atoms with Crippen molar-refractivity contribution in [3.05, 3.63) is 42.0 Å². The number of amides is 3. The standard InChI is InChI=1S/C18H22N6O2/c1-22(2)18(26)23-9-12-8-15-20-21-16(24(15)11-13(12)10-23)17(25)19-14-6-4-3-5-7-14/h3-7,12-13H,8-11H2,1-2H3,(H,19,25)/t12-,13+/m1/s1. The lowest BCUT2D eigenvalue weighted by molar-refractivity contribution is 0.100. The lowest BCUT2D eigenvalue weighted by atomic mass is 9.89. The summed E-state index contributed by atoms with van der Waals surface area (Å²) in [5.41, 5.74) is 0.729. The fourth-order valence-corrected chi connectivity index (χ4v) is 3.84. The Hall–Kier alpha value is -2.90. The molecule has 0 unspecified atom stereocenters. The minimum Gasteiger partial charge on any atom is -0.331 e. The maximum atomic E-state index is 12.6. The lowest BCUT2D eigenvalue weighted by Crippen LogP contribution is -2.37. The van der Waals surface area contributed by atoms with Crippen molar-refractivity contribution in [2.24, 2.45) is 11.8 Å². The third-order valence-corrected chi connectivity index (χ3v) is 5.15. The Labute approximate surface area is 151 Å². The number of fused-ring (bicyclic) bond motifs is 2. The number of hydrogen-bond donors (Lipinski definition) is 1. The molecule has 136 valence electrons. The van der Waals surface area contributed by atoms with E-state index in [2.05, 4.69) is 15.5 Å². The highest BCUT2D eigenvalue weighted by atomic mass is 16.2. The zero-order valence-electron chi connectivity index (χ0n) is 14.9. The molecule has 1 aromatic heterocycles. The number of hydrogen-bond acceptors (Lipinski definition) is 4. The number of nitrogens with one attached hydrogen (secondary N) is 1. The summed E-state index contributed by atoms with van der Waals surface area (Å²) in [6.07, 6.45) is 0.744. The predicted octanol–water partition coefficient (Wildman–Crippen LogP) is 1.32. The topological polar surface area (TPSA) is 83.4 Å². The van der Waals surface area contributed by atoms with Crippen LogP contribution < -0.4 is 5.32 Å². The van der Waals surface area contributed by atoms with Crippen LogP contribution in [0.25, 0.3) is 0 Å². The number of carbonyl (C=O) groups is 2. The van der Waals surface area contributed by atoms with Gasteiger partial charge in [0.1, 0.15) is 5.82 Å². The monoisotopic (exact) mass is 354 g/mol. The summed E-state index contributed by atoms with van der Waals surface area (Å²) in [6.45, 7) is 2.11. The molecule has 0 aliphatic carbocycles. The maximum absolute atomic E-state index is 12.6. The number of rotatable bonds is 2. The summed E-state index contributed by atoms with van der Waals surface area (Å²) < 4.78 is 1.91. The van der Waals surface area contributed by atoms with Crippen LogP contribution >= 0.6 is 0 Å². The van der Waals surface area contributed by atoms with Crippen LogP contribution in [0.3, 0.4) is 0 Å². The van der Waals surface area contributed by atoms with Gasteiger partial charge >= 0.3 is 6.03 Å². The minimum absolute atomic E-state index is 0.0391. The maximum Gasteiger partial charge on any atom is 0.319 e. The Kier molecular flexibility index (Phi) is 4.10. The molecule has 1 N–H and O–H groups in total. The van der Waals surface area contributed by atoms with Gasteiger partial charge in [-0.1, -0.05) is 18.2 Å². The van der Waals surface area contributed by atoms with Gasteiger partial charge in [0.2, 0.25) is 5.82 Å². The van der Waals surface area contributed by atoms with Crippen LogP contribution in [0.5, 0.6) is 0 Å². The molecule has 1 aromatic carbocycles. The van der Waals surface area contributed by atoms with E-state index in [-0.39, 0.29) is 11.9 Å². The molecular weight excluding hydrogens is 332 g/mol. The lowest BCUT2D eigenvalue weighted by Gasteiger charge is -2.25. The fourth-order valence-electron chi connectivity index (χ4n) is 3.84. The quantitative estimate of drug-likeness (QED) is 0.882. The minimum atomic E-state index is -0.257. The molecule has 1 fully saturated rings. The molecule has 2 aliphatic heterocycles. The van der Waals surface area contributed by atoms with Crippen molar-refractivity contribution in [1.29, 1.82) is 0 Å². The van der Waals surface area contributed by atoms with E-state index in [0.29, 0.717) is 30.7 Å². The van der Waals surface area contributed by atoms with E-state index in [4.69, 9.17) is 0 Å². The van der Waals surface area contributed by atoms with Gasteiger partial charge in [0.05, 0.1) is 0 Å². The molecule has 2 atom stereocenters. The molecule has 8 heteroatoms. The molecule has 3 amide bonds. The van der Waals surface area contributed by atoms with Crippen molar-refractivity contribution in [1.82, 2.24) is 24.6 Å². The molecule has 2 aromatic rings. The number of benzene rings is 1. The van der Waals surface area contributed by atoms with Gasteiger partial charge in [0.15, 0.2) is 0 Å². The number of urea groups is 1. The van der Waals surface area contributed by atoms with Gasteiger partial charge in [-0.2, -0.15) is 0 Å². The molecular formula is C18H22N6O2. The average Bonchev–Trinajstić information content (AvgIpc) is 3.22. The van der Waals surface area contributed by atoms with Gasteiger partial charge in [-0.15, -0.1) is 10.2 Å². The first-order valence-corrected chi connectivity index (χ1v) is 8.77. The summed E-state index contributed by atoms with van der Waals surface area (Å²) in [6, 6.07) is 9.35. The number of likely N-dealkylation sites (tertiary alicyclic amines) is 1. The Morgan fingerprint density at radius 2 is 1.81 bits per heavy atom. The Morgan fingerprint density at radius 3 is 2.54 bits per heavy atom. The summed E-state index contributed by atoms with van der Waals surface area (Å²) in [5, 5.41) is 11.2. The summed E-state index contributed by atoms with van der Waals surface area (Å²) >= 11 is 0. The first kappa shape index (κ1) is 16.6. The van der Waals surface area contributed by atoms with Gasteiger partial charge in [0.25, 0.3) is 5.91 Å². The van der Waals surface area contributed by atoms with Crippen LogP contribution in [0.1, 0.15) is 16.4 Å². The number of anilines is 1. The van der Waals surface area contributed by atoms with Crippen molar-refractivity contribution in [3.63, 3.8) is 0 Å². The molecule has 0 bridgehead atoms.